The molecule has 0 fully saturated rings. The monoisotopic (exact) mass is 374 g/mol. The Morgan fingerprint density at radius 3 is 2.38 bits per heavy atom. The van der Waals surface area contributed by atoms with Gasteiger partial charge in [0, 0.05) is 11.6 Å². The van der Waals surface area contributed by atoms with E-state index in [9.17, 15) is 14.4 Å². The van der Waals surface area contributed by atoms with Crippen LogP contribution in [0.15, 0.2) is 48.5 Å². The molecule has 2 rings (SSSR count). The van der Waals surface area contributed by atoms with Crippen LogP contribution in [0.5, 0.6) is 0 Å². The molecule has 6 nitrogen and oxygen atoms in total. The zero-order valence-electron chi connectivity index (χ0n) is 14.3. The summed E-state index contributed by atoms with van der Waals surface area (Å²) in [6.45, 7) is 0.409. The highest BCUT2D eigenvalue weighted by Gasteiger charge is 2.15. The first-order chi connectivity index (χ1) is 12.5. The van der Waals surface area contributed by atoms with Crippen molar-refractivity contribution in [1.29, 1.82) is 0 Å². The van der Waals surface area contributed by atoms with E-state index in [2.05, 4.69) is 15.4 Å². The molecule has 0 saturated heterocycles. The molecule has 0 bridgehead atoms. The SMILES string of the molecule is COC(=O)c1ccccc1NC(=O)CC(=O)NCCc1ccc(Cl)cc1. The van der Waals surface area contributed by atoms with Gasteiger partial charge in [-0.25, -0.2) is 4.79 Å². The van der Waals surface area contributed by atoms with E-state index in [4.69, 9.17) is 11.6 Å². The summed E-state index contributed by atoms with van der Waals surface area (Å²) in [5, 5.41) is 5.90. The van der Waals surface area contributed by atoms with Crippen LogP contribution in [0.4, 0.5) is 5.69 Å². The number of para-hydroxylation sites is 1. The molecule has 0 saturated carbocycles. The van der Waals surface area contributed by atoms with Gasteiger partial charge in [0.25, 0.3) is 0 Å². The summed E-state index contributed by atoms with van der Waals surface area (Å²) in [6.07, 6.45) is 0.297. The highest BCUT2D eigenvalue weighted by molar-refractivity contribution is 6.30. The number of benzene rings is 2. The van der Waals surface area contributed by atoms with Gasteiger partial charge in [0.15, 0.2) is 0 Å². The average molecular weight is 375 g/mol. The van der Waals surface area contributed by atoms with E-state index in [0.29, 0.717) is 23.7 Å². The molecule has 0 radical (unpaired) electrons. The average Bonchev–Trinajstić information content (AvgIpc) is 2.63. The summed E-state index contributed by atoms with van der Waals surface area (Å²) in [4.78, 5) is 35.6. The molecule has 0 spiro atoms. The van der Waals surface area contributed by atoms with E-state index in [1.807, 2.05) is 12.1 Å². The van der Waals surface area contributed by atoms with E-state index in [-0.39, 0.29) is 12.0 Å². The maximum Gasteiger partial charge on any atom is 0.339 e. The molecule has 0 atom stereocenters. The molecule has 136 valence electrons. The van der Waals surface area contributed by atoms with Crippen LogP contribution >= 0.6 is 11.6 Å². The standard InChI is InChI=1S/C19H19ClN2O4/c1-26-19(25)15-4-2-3-5-16(15)22-18(24)12-17(23)21-11-10-13-6-8-14(20)9-7-13/h2-9H,10-12H2,1H3,(H,21,23)(H,22,24). The number of rotatable bonds is 7. The zero-order chi connectivity index (χ0) is 18.9. The van der Waals surface area contributed by atoms with Gasteiger partial charge in [0.2, 0.25) is 11.8 Å². The van der Waals surface area contributed by atoms with Gasteiger partial charge in [-0.1, -0.05) is 35.9 Å². The van der Waals surface area contributed by atoms with Crippen LogP contribution in [-0.2, 0) is 20.7 Å². The molecule has 2 amide bonds. The number of carbonyl (C=O) groups excluding carboxylic acids is 3. The molecule has 2 aromatic rings. The number of ether oxygens (including phenoxy) is 1. The van der Waals surface area contributed by atoms with Gasteiger partial charge < -0.3 is 15.4 Å². The molecular weight excluding hydrogens is 356 g/mol. The fourth-order valence-electron chi connectivity index (χ4n) is 2.28. The fourth-order valence-corrected chi connectivity index (χ4v) is 2.41. The molecule has 0 aliphatic carbocycles. The third-order valence-corrected chi connectivity index (χ3v) is 3.83. The summed E-state index contributed by atoms with van der Waals surface area (Å²) < 4.78 is 4.66. The Bertz CT molecular complexity index is 790. The number of methoxy groups -OCH3 is 1. The van der Waals surface area contributed by atoms with Crippen LogP contribution in [-0.4, -0.2) is 31.4 Å². The van der Waals surface area contributed by atoms with Crippen molar-refractivity contribution >= 4 is 35.1 Å². The summed E-state index contributed by atoms with van der Waals surface area (Å²) in [5.41, 5.74) is 1.57. The van der Waals surface area contributed by atoms with Gasteiger partial charge in [-0.3, -0.25) is 9.59 Å². The second-order valence-corrected chi connectivity index (χ2v) is 5.92. The molecule has 2 N–H and O–H groups in total. The molecule has 0 unspecified atom stereocenters. The molecule has 0 aromatic heterocycles. The molecule has 26 heavy (non-hydrogen) atoms. The van der Waals surface area contributed by atoms with Crippen LogP contribution in [0.2, 0.25) is 5.02 Å². The Labute approximate surface area is 156 Å². The normalized spacial score (nSPS) is 10.1. The predicted octanol–water partition coefficient (Wildman–Crippen LogP) is 2.81. The maximum atomic E-state index is 12.0. The van der Waals surface area contributed by atoms with Crippen LogP contribution in [0.25, 0.3) is 0 Å². The lowest BCUT2D eigenvalue weighted by atomic mass is 10.1. The molecule has 7 heteroatoms. The van der Waals surface area contributed by atoms with Gasteiger partial charge in [-0.2, -0.15) is 0 Å². The largest absolute Gasteiger partial charge is 0.465 e. The van der Waals surface area contributed by atoms with E-state index < -0.39 is 17.8 Å². The van der Waals surface area contributed by atoms with Gasteiger partial charge in [0.1, 0.15) is 6.42 Å². The van der Waals surface area contributed by atoms with E-state index in [1.165, 1.54) is 13.2 Å². The molecular formula is C19H19ClN2O4. The lowest BCUT2D eigenvalue weighted by molar-refractivity contribution is -0.126. The Balaban J connectivity index is 1.81. The fraction of sp³-hybridized carbons (Fsp3) is 0.211. The minimum absolute atomic E-state index is 0.228. The summed E-state index contributed by atoms with van der Waals surface area (Å²) in [5.74, 6) is -1.47. The third kappa shape index (κ3) is 5.89. The van der Waals surface area contributed by atoms with Gasteiger partial charge in [0.05, 0.1) is 18.4 Å². The first-order valence-electron chi connectivity index (χ1n) is 7.98. The number of hydrogen-bond donors (Lipinski definition) is 2. The minimum Gasteiger partial charge on any atom is -0.465 e. The smallest absolute Gasteiger partial charge is 0.339 e. The van der Waals surface area contributed by atoms with Crippen molar-refractivity contribution in [2.75, 3.05) is 19.0 Å². The summed E-state index contributed by atoms with van der Waals surface area (Å²) >= 11 is 5.82. The van der Waals surface area contributed by atoms with E-state index >= 15 is 0 Å². The summed E-state index contributed by atoms with van der Waals surface area (Å²) in [7, 11) is 1.26. The van der Waals surface area contributed by atoms with Crippen molar-refractivity contribution in [3.05, 3.63) is 64.7 Å². The number of amides is 2. The number of carbonyl (C=O) groups is 3. The lowest BCUT2D eigenvalue weighted by Crippen LogP contribution is -2.30. The van der Waals surface area contributed by atoms with Gasteiger partial charge >= 0.3 is 5.97 Å². The summed E-state index contributed by atoms with van der Waals surface area (Å²) in [6, 6.07) is 13.8. The van der Waals surface area contributed by atoms with E-state index in [0.717, 1.165) is 5.56 Å². The molecule has 0 aliphatic rings. The van der Waals surface area contributed by atoms with Crippen molar-refractivity contribution < 1.29 is 19.1 Å². The van der Waals surface area contributed by atoms with Crippen molar-refractivity contribution in [1.82, 2.24) is 5.32 Å². The van der Waals surface area contributed by atoms with Crippen molar-refractivity contribution in [3.63, 3.8) is 0 Å². The lowest BCUT2D eigenvalue weighted by Gasteiger charge is -2.10. The first-order valence-corrected chi connectivity index (χ1v) is 8.35. The van der Waals surface area contributed by atoms with Gasteiger partial charge in [-0.05, 0) is 36.2 Å². The van der Waals surface area contributed by atoms with E-state index in [1.54, 1.807) is 30.3 Å². The van der Waals surface area contributed by atoms with Crippen molar-refractivity contribution in [2.45, 2.75) is 12.8 Å². The zero-order valence-corrected chi connectivity index (χ0v) is 15.0. The van der Waals surface area contributed by atoms with Crippen molar-refractivity contribution in [3.8, 4) is 0 Å². The predicted molar refractivity (Wildman–Crippen MR) is 99.2 cm³/mol. The number of nitrogens with one attached hydrogen (secondary N) is 2. The van der Waals surface area contributed by atoms with Crippen LogP contribution in [0, 0.1) is 0 Å². The topological polar surface area (TPSA) is 84.5 Å². The minimum atomic E-state index is -0.562. The Morgan fingerprint density at radius 1 is 1.00 bits per heavy atom. The van der Waals surface area contributed by atoms with Crippen molar-refractivity contribution in [2.24, 2.45) is 0 Å². The number of halogens is 1. The Morgan fingerprint density at radius 2 is 1.69 bits per heavy atom. The van der Waals surface area contributed by atoms with Crippen LogP contribution in [0.1, 0.15) is 22.3 Å². The Hall–Kier alpha value is -2.86. The molecule has 2 aromatic carbocycles. The number of anilines is 1. The number of hydrogen-bond acceptors (Lipinski definition) is 4. The van der Waals surface area contributed by atoms with Crippen LogP contribution in [0.3, 0.4) is 0 Å². The maximum absolute atomic E-state index is 12.0. The van der Waals surface area contributed by atoms with Crippen LogP contribution < -0.4 is 10.6 Å². The molecule has 0 heterocycles. The second-order valence-electron chi connectivity index (χ2n) is 5.49. The third-order valence-electron chi connectivity index (χ3n) is 3.58. The quantitative estimate of drug-likeness (QED) is 0.576. The Kier molecular flexibility index (Phi) is 7.17. The van der Waals surface area contributed by atoms with Gasteiger partial charge in [-0.15, -0.1) is 0 Å². The second kappa shape index (κ2) is 9.58. The highest BCUT2D eigenvalue weighted by Crippen LogP contribution is 2.16. The number of esters is 1. The molecule has 0 aliphatic heterocycles. The first kappa shape index (κ1) is 19.5. The highest BCUT2D eigenvalue weighted by atomic mass is 35.5.